The van der Waals surface area contributed by atoms with E-state index in [-0.39, 0.29) is 11.2 Å². The van der Waals surface area contributed by atoms with Crippen LogP contribution in [0.25, 0.3) is 0 Å². The summed E-state index contributed by atoms with van der Waals surface area (Å²) in [5.74, 6) is -0.159. The normalized spacial score (nSPS) is 24.0. The molecule has 0 spiro atoms. The van der Waals surface area contributed by atoms with E-state index >= 15 is 0 Å². The molecule has 1 fully saturated rings. The molecule has 4 nitrogen and oxygen atoms in total. The van der Waals surface area contributed by atoms with E-state index in [1.807, 2.05) is 12.1 Å². The molecule has 3 heterocycles. The van der Waals surface area contributed by atoms with Crippen molar-refractivity contribution in [3.63, 3.8) is 0 Å². The molecule has 4 rings (SSSR count). The van der Waals surface area contributed by atoms with Crippen molar-refractivity contribution in [3.05, 3.63) is 51.0 Å². The third kappa shape index (κ3) is 3.01. The van der Waals surface area contributed by atoms with Gasteiger partial charge >= 0.3 is 0 Å². The van der Waals surface area contributed by atoms with Crippen LogP contribution in [0.4, 0.5) is 5.69 Å². The molecule has 1 N–H and O–H groups in total. The number of nitrogens with one attached hydrogen (secondary N) is 1. The number of thioether (sulfide) groups is 1. The summed E-state index contributed by atoms with van der Waals surface area (Å²) in [6.07, 6.45) is 2.09. The average Bonchev–Trinajstić information content (AvgIpc) is 3.04. The molecule has 3 aliphatic rings. The van der Waals surface area contributed by atoms with Crippen LogP contribution >= 0.6 is 35.0 Å². The molecule has 1 amide bonds. The lowest BCUT2D eigenvalue weighted by Crippen LogP contribution is -2.45. The zero-order valence-corrected chi connectivity index (χ0v) is 15.3. The molecule has 24 heavy (non-hydrogen) atoms. The van der Waals surface area contributed by atoms with Gasteiger partial charge < -0.3 is 15.1 Å². The van der Waals surface area contributed by atoms with Gasteiger partial charge in [-0.25, -0.2) is 0 Å². The molecule has 0 aromatic heterocycles. The van der Waals surface area contributed by atoms with Crippen molar-refractivity contribution in [2.45, 2.75) is 5.25 Å². The number of benzene rings is 1. The van der Waals surface area contributed by atoms with E-state index < -0.39 is 0 Å². The minimum atomic E-state index is -0.159. The number of hydrogen-bond donors (Lipinski definition) is 1. The molecule has 1 aromatic carbocycles. The Kier molecular flexibility index (Phi) is 4.41. The molecule has 3 aliphatic heterocycles. The Balaban J connectivity index is 1.43. The molecule has 0 unspecified atom stereocenters. The van der Waals surface area contributed by atoms with Gasteiger partial charge in [-0.3, -0.25) is 4.79 Å². The summed E-state index contributed by atoms with van der Waals surface area (Å²) in [6, 6.07) is 8.00. The molecule has 0 bridgehead atoms. The van der Waals surface area contributed by atoms with Gasteiger partial charge in [-0.15, -0.1) is 0 Å². The highest BCUT2D eigenvalue weighted by atomic mass is 35.5. The molecule has 0 aliphatic carbocycles. The lowest BCUT2D eigenvalue weighted by atomic mass is 10.1. The number of hydrogen-bond acceptors (Lipinski definition) is 4. The Morgan fingerprint density at radius 3 is 2.42 bits per heavy atom. The summed E-state index contributed by atoms with van der Waals surface area (Å²) in [5.41, 5.74) is 2.18. The summed E-state index contributed by atoms with van der Waals surface area (Å²) in [5, 5.41) is 5.42. The summed E-state index contributed by atoms with van der Waals surface area (Å²) in [6.45, 7) is 4.50. The van der Waals surface area contributed by atoms with Crippen molar-refractivity contribution in [2.24, 2.45) is 0 Å². The second-order valence-electron chi connectivity index (χ2n) is 6.02. The third-order valence-corrected chi connectivity index (χ3v) is 6.54. The number of nitrogens with zero attached hydrogens (tertiary/aromatic N) is 2. The highest BCUT2D eigenvalue weighted by molar-refractivity contribution is 8.04. The van der Waals surface area contributed by atoms with Crippen molar-refractivity contribution in [1.82, 2.24) is 10.2 Å². The Labute approximate surface area is 155 Å². The van der Waals surface area contributed by atoms with Gasteiger partial charge in [0.15, 0.2) is 0 Å². The number of carbonyl (C=O) groups excluding carboxylic acids is 1. The van der Waals surface area contributed by atoms with Crippen LogP contribution in [0, 0.1) is 0 Å². The largest absolute Gasteiger partial charge is 0.368 e. The lowest BCUT2D eigenvalue weighted by molar-refractivity contribution is -0.117. The van der Waals surface area contributed by atoms with Gasteiger partial charge in [0.25, 0.3) is 5.91 Å². The number of piperazine rings is 1. The zero-order valence-electron chi connectivity index (χ0n) is 13.0. The first kappa shape index (κ1) is 16.2. The SMILES string of the molecule is O=C1NC[C@@H]2SC(N3CCN(c4ccc(Cl)cc4)CC3)=CC2=C1Cl. The van der Waals surface area contributed by atoms with Crippen molar-refractivity contribution in [3.8, 4) is 0 Å². The van der Waals surface area contributed by atoms with Crippen molar-refractivity contribution in [1.29, 1.82) is 0 Å². The number of carbonyl (C=O) groups is 1. The van der Waals surface area contributed by atoms with Crippen LogP contribution in [0.2, 0.25) is 5.02 Å². The van der Waals surface area contributed by atoms with E-state index in [0.717, 1.165) is 36.8 Å². The van der Waals surface area contributed by atoms with E-state index in [0.29, 0.717) is 11.6 Å². The predicted octanol–water partition coefficient (Wildman–Crippen LogP) is 3.04. The van der Waals surface area contributed by atoms with Crippen LogP contribution in [0.15, 0.2) is 46.0 Å². The summed E-state index contributed by atoms with van der Waals surface area (Å²) in [7, 11) is 0. The van der Waals surface area contributed by atoms with Gasteiger partial charge in [0.2, 0.25) is 0 Å². The van der Waals surface area contributed by atoms with Gasteiger partial charge in [0.1, 0.15) is 5.03 Å². The highest BCUT2D eigenvalue weighted by Gasteiger charge is 2.34. The fourth-order valence-corrected chi connectivity index (χ4v) is 4.96. The topological polar surface area (TPSA) is 35.6 Å². The second-order valence-corrected chi connectivity index (χ2v) is 8.06. The Morgan fingerprint density at radius 2 is 1.71 bits per heavy atom. The van der Waals surface area contributed by atoms with Crippen LogP contribution in [0.1, 0.15) is 0 Å². The Morgan fingerprint density at radius 1 is 1.04 bits per heavy atom. The van der Waals surface area contributed by atoms with Crippen LogP contribution in [0.5, 0.6) is 0 Å². The first-order chi connectivity index (χ1) is 11.6. The minimum Gasteiger partial charge on any atom is -0.368 e. The average molecular weight is 382 g/mol. The van der Waals surface area contributed by atoms with Gasteiger partial charge in [0.05, 0.1) is 10.3 Å². The Bertz CT molecular complexity index is 724. The molecule has 7 heteroatoms. The fraction of sp³-hybridized carbons (Fsp3) is 0.353. The molecule has 1 saturated heterocycles. The summed E-state index contributed by atoms with van der Waals surface area (Å²) < 4.78 is 0. The minimum absolute atomic E-state index is 0.159. The number of halogens is 2. The predicted molar refractivity (Wildman–Crippen MR) is 101 cm³/mol. The fourth-order valence-electron chi connectivity index (χ4n) is 3.22. The number of rotatable bonds is 2. The van der Waals surface area contributed by atoms with E-state index in [1.54, 1.807) is 11.8 Å². The van der Waals surface area contributed by atoms with Crippen molar-refractivity contribution >= 4 is 46.6 Å². The number of amides is 1. The Hall–Kier alpha value is -1.30. The molecule has 0 radical (unpaired) electrons. The quantitative estimate of drug-likeness (QED) is 0.853. The molecule has 0 saturated carbocycles. The molecular formula is C17H17Cl2N3OS. The van der Waals surface area contributed by atoms with Gasteiger partial charge in [0, 0.05) is 43.4 Å². The molecule has 1 atom stereocenters. The maximum absolute atomic E-state index is 11.7. The van der Waals surface area contributed by atoms with Crippen LogP contribution in [-0.4, -0.2) is 48.8 Å². The molecule has 126 valence electrons. The first-order valence-electron chi connectivity index (χ1n) is 7.93. The van der Waals surface area contributed by atoms with Crippen LogP contribution in [0.3, 0.4) is 0 Å². The zero-order chi connectivity index (χ0) is 16.7. The maximum Gasteiger partial charge on any atom is 0.263 e. The van der Waals surface area contributed by atoms with E-state index in [9.17, 15) is 4.79 Å². The van der Waals surface area contributed by atoms with Gasteiger partial charge in [-0.05, 0) is 35.9 Å². The maximum atomic E-state index is 11.7. The second kappa shape index (κ2) is 6.54. The smallest absolute Gasteiger partial charge is 0.263 e. The number of allylic oxidation sites excluding steroid dienone is 1. The standard InChI is InChI=1S/C17H17Cl2N3OS/c18-11-1-3-12(4-2-11)21-5-7-22(8-6-21)15-9-13-14(24-15)10-20-17(23)16(13)19/h1-4,9,14H,5-8,10H2,(H,20,23)/t14-/m0/s1. The summed E-state index contributed by atoms with van der Waals surface area (Å²) >= 11 is 13.9. The van der Waals surface area contributed by atoms with Gasteiger partial charge in [-0.2, -0.15) is 0 Å². The summed E-state index contributed by atoms with van der Waals surface area (Å²) in [4.78, 5) is 16.4. The van der Waals surface area contributed by atoms with E-state index in [2.05, 4.69) is 33.3 Å². The number of fused-ring (bicyclic) bond motifs is 1. The van der Waals surface area contributed by atoms with E-state index in [4.69, 9.17) is 23.2 Å². The third-order valence-electron chi connectivity index (χ3n) is 4.57. The lowest BCUT2D eigenvalue weighted by Gasteiger charge is -2.37. The first-order valence-corrected chi connectivity index (χ1v) is 9.57. The van der Waals surface area contributed by atoms with Crippen LogP contribution < -0.4 is 10.2 Å². The molecule has 1 aromatic rings. The van der Waals surface area contributed by atoms with Crippen LogP contribution in [-0.2, 0) is 4.79 Å². The van der Waals surface area contributed by atoms with E-state index in [1.165, 1.54) is 10.7 Å². The highest BCUT2D eigenvalue weighted by Crippen LogP contribution is 2.41. The molecular weight excluding hydrogens is 365 g/mol. The van der Waals surface area contributed by atoms with Crippen molar-refractivity contribution < 1.29 is 4.79 Å². The monoisotopic (exact) mass is 381 g/mol. The van der Waals surface area contributed by atoms with Gasteiger partial charge in [-0.1, -0.05) is 35.0 Å². The van der Waals surface area contributed by atoms with Crippen molar-refractivity contribution in [2.75, 3.05) is 37.6 Å². The number of anilines is 1.